The Hall–Kier alpha value is -3.81. The van der Waals surface area contributed by atoms with Gasteiger partial charge in [-0.2, -0.15) is 0 Å². The third kappa shape index (κ3) is 5.26. The molecule has 2 heterocycles. The molecule has 5 rings (SSSR count). The summed E-state index contributed by atoms with van der Waals surface area (Å²) in [5.74, 6) is -4.61. The van der Waals surface area contributed by atoms with Crippen LogP contribution in [-0.4, -0.2) is 42.3 Å². The number of benzene rings is 3. The van der Waals surface area contributed by atoms with Gasteiger partial charge in [-0.25, -0.2) is 13.2 Å². The number of anilines is 2. The van der Waals surface area contributed by atoms with E-state index in [0.29, 0.717) is 36.3 Å². The van der Waals surface area contributed by atoms with Gasteiger partial charge in [0.15, 0.2) is 0 Å². The van der Waals surface area contributed by atoms with Crippen LogP contribution in [0.1, 0.15) is 46.8 Å². The Labute approximate surface area is 220 Å². The summed E-state index contributed by atoms with van der Waals surface area (Å²) in [5, 5.41) is 2.95. The molecular weight excluding hydrogens is 491 g/mol. The van der Waals surface area contributed by atoms with E-state index < -0.39 is 29.6 Å². The number of piperidine rings is 1. The van der Waals surface area contributed by atoms with Crippen LogP contribution in [0.25, 0.3) is 0 Å². The number of carbonyl (C=O) groups excluding carboxylic acids is 2. The minimum atomic E-state index is -2.73. The first kappa shape index (κ1) is 25.8. The van der Waals surface area contributed by atoms with Crippen LogP contribution >= 0.6 is 0 Å². The van der Waals surface area contributed by atoms with Gasteiger partial charge >= 0.3 is 0 Å². The summed E-state index contributed by atoms with van der Waals surface area (Å²) in [5.41, 5.74) is 2.48. The van der Waals surface area contributed by atoms with Gasteiger partial charge in [0.25, 0.3) is 11.8 Å². The maximum absolute atomic E-state index is 14.8. The maximum Gasteiger partial charge on any atom is 0.266 e. The van der Waals surface area contributed by atoms with Crippen LogP contribution in [0.2, 0.25) is 0 Å². The van der Waals surface area contributed by atoms with Gasteiger partial charge in [0.2, 0.25) is 5.91 Å². The molecule has 0 aliphatic carbocycles. The molecule has 8 heteroatoms. The van der Waals surface area contributed by atoms with Gasteiger partial charge in [0.05, 0.1) is 24.1 Å². The van der Waals surface area contributed by atoms with Crippen LogP contribution in [0.15, 0.2) is 72.8 Å². The molecule has 2 unspecified atom stereocenters. The minimum Gasteiger partial charge on any atom is -0.365 e. The first-order chi connectivity index (χ1) is 18.2. The smallest absolute Gasteiger partial charge is 0.266 e. The Balaban J connectivity index is 1.43. The van der Waals surface area contributed by atoms with E-state index in [4.69, 9.17) is 0 Å². The highest BCUT2D eigenvalue weighted by Crippen LogP contribution is 2.39. The normalized spacial score (nSPS) is 20.8. The van der Waals surface area contributed by atoms with Crippen LogP contribution in [0.4, 0.5) is 24.5 Å². The largest absolute Gasteiger partial charge is 0.365 e. The molecule has 0 aromatic heterocycles. The number of hydrogen-bond acceptors (Lipinski definition) is 3. The molecule has 198 valence electrons. The number of hydrogen-bond donors (Lipinski definition) is 1. The number of likely N-dealkylation sites (tertiary alicyclic amines) is 1. The fourth-order valence-electron chi connectivity index (χ4n) is 5.58. The van der Waals surface area contributed by atoms with Crippen molar-refractivity contribution in [3.8, 4) is 0 Å². The molecule has 2 aliphatic heterocycles. The number of aryl methyl sites for hydroxylation is 1. The molecule has 3 aromatic rings. The van der Waals surface area contributed by atoms with Crippen LogP contribution in [0.3, 0.4) is 0 Å². The van der Waals surface area contributed by atoms with Crippen molar-refractivity contribution in [1.82, 2.24) is 4.90 Å². The highest BCUT2D eigenvalue weighted by Gasteiger charge is 2.41. The molecule has 2 fully saturated rings. The minimum absolute atomic E-state index is 0.0182. The summed E-state index contributed by atoms with van der Waals surface area (Å²) < 4.78 is 42.3. The second kappa shape index (κ2) is 10.5. The molecule has 0 saturated carbocycles. The van der Waals surface area contributed by atoms with Gasteiger partial charge in [0, 0.05) is 30.9 Å². The van der Waals surface area contributed by atoms with Crippen molar-refractivity contribution in [2.45, 2.75) is 38.2 Å². The maximum atomic E-state index is 14.8. The second-order valence-electron chi connectivity index (χ2n) is 10.1. The van der Waals surface area contributed by atoms with Gasteiger partial charge in [-0.1, -0.05) is 48.5 Å². The topological polar surface area (TPSA) is 52.7 Å². The number of halogens is 3. The van der Waals surface area contributed by atoms with Crippen molar-refractivity contribution in [3.05, 3.63) is 95.3 Å². The third-order valence-electron chi connectivity index (χ3n) is 7.45. The lowest BCUT2D eigenvalue weighted by Gasteiger charge is -2.41. The van der Waals surface area contributed by atoms with Crippen molar-refractivity contribution in [1.29, 1.82) is 0 Å². The lowest BCUT2D eigenvalue weighted by Crippen LogP contribution is -2.46. The molecule has 1 N–H and O–H groups in total. The Kier molecular flexibility index (Phi) is 7.15. The first-order valence-electron chi connectivity index (χ1n) is 12.9. The first-order valence-corrected chi connectivity index (χ1v) is 12.9. The van der Waals surface area contributed by atoms with E-state index in [1.165, 1.54) is 6.07 Å². The predicted molar refractivity (Wildman–Crippen MR) is 141 cm³/mol. The van der Waals surface area contributed by atoms with Crippen LogP contribution in [-0.2, 0) is 4.79 Å². The number of alkyl halides is 2. The molecular formula is C30H30F3N3O2. The molecule has 2 aliphatic rings. The summed E-state index contributed by atoms with van der Waals surface area (Å²) in [6.45, 7) is 1.99. The predicted octanol–water partition coefficient (Wildman–Crippen LogP) is 6.21. The fraction of sp³-hybridized carbons (Fsp3) is 0.333. The molecule has 2 amide bonds. The Bertz CT molecular complexity index is 1310. The monoisotopic (exact) mass is 521 g/mol. The number of carbonyl (C=O) groups is 2. The number of amides is 2. The Morgan fingerprint density at radius 3 is 2.45 bits per heavy atom. The summed E-state index contributed by atoms with van der Waals surface area (Å²) in [6.07, 6.45) is 0.933. The number of nitrogens with one attached hydrogen (secondary N) is 1. The van der Waals surface area contributed by atoms with Crippen molar-refractivity contribution in [2.75, 3.05) is 29.9 Å². The number of nitrogens with zero attached hydrogens (tertiary/aromatic N) is 2. The summed E-state index contributed by atoms with van der Waals surface area (Å²) in [7, 11) is 0. The summed E-state index contributed by atoms with van der Waals surface area (Å²) in [6, 6.07) is 20.2. The van der Waals surface area contributed by atoms with Crippen molar-refractivity contribution < 1.29 is 22.8 Å². The third-order valence-corrected chi connectivity index (χ3v) is 7.45. The lowest BCUT2D eigenvalue weighted by atomic mass is 9.83. The van der Waals surface area contributed by atoms with Gasteiger partial charge in [0.1, 0.15) is 5.82 Å². The standard InChI is InChI=1S/C30H30F3N3O2/c1-20-8-5-14-25(31)26(20)29(38)36-16-7-13-24(27(36)21-9-3-2-4-10-21)28(37)34-22-11-6-12-23(18-22)35-17-15-30(32,33)19-35/h2-6,8-12,14,18,24,27H,7,13,15-17,19H2,1H3,(H,34,37). The van der Waals surface area contributed by atoms with Gasteiger partial charge < -0.3 is 15.1 Å². The Morgan fingerprint density at radius 2 is 1.74 bits per heavy atom. The number of rotatable bonds is 5. The van der Waals surface area contributed by atoms with Gasteiger partial charge in [-0.15, -0.1) is 0 Å². The van der Waals surface area contributed by atoms with Crippen LogP contribution in [0.5, 0.6) is 0 Å². The molecule has 2 saturated heterocycles. The SMILES string of the molecule is Cc1cccc(F)c1C(=O)N1CCCC(C(=O)Nc2cccc(N3CCC(F)(F)C3)c2)C1c1ccccc1. The average molecular weight is 522 g/mol. The lowest BCUT2D eigenvalue weighted by molar-refractivity contribution is -0.123. The van der Waals surface area contributed by atoms with Gasteiger partial charge in [-0.3, -0.25) is 9.59 Å². The van der Waals surface area contributed by atoms with Crippen molar-refractivity contribution in [3.63, 3.8) is 0 Å². The van der Waals surface area contributed by atoms with E-state index in [2.05, 4.69) is 5.32 Å². The van der Waals surface area contributed by atoms with Crippen LogP contribution in [0, 0.1) is 18.7 Å². The molecule has 0 bridgehead atoms. The molecule has 3 aromatic carbocycles. The van der Waals surface area contributed by atoms with Crippen LogP contribution < -0.4 is 10.2 Å². The zero-order valence-electron chi connectivity index (χ0n) is 21.2. The highest BCUT2D eigenvalue weighted by molar-refractivity contribution is 5.98. The average Bonchev–Trinajstić information content (AvgIpc) is 3.28. The van der Waals surface area contributed by atoms with E-state index in [9.17, 15) is 22.8 Å². The zero-order valence-corrected chi connectivity index (χ0v) is 21.2. The van der Waals surface area contributed by atoms with Crippen molar-refractivity contribution >= 4 is 23.2 Å². The highest BCUT2D eigenvalue weighted by atomic mass is 19.3. The summed E-state index contributed by atoms with van der Waals surface area (Å²) in [4.78, 5) is 30.6. The Morgan fingerprint density at radius 1 is 0.974 bits per heavy atom. The second-order valence-corrected chi connectivity index (χ2v) is 10.1. The quantitative estimate of drug-likeness (QED) is 0.434. The molecule has 0 radical (unpaired) electrons. The van der Waals surface area contributed by atoms with Gasteiger partial charge in [-0.05, 0) is 55.2 Å². The summed E-state index contributed by atoms with van der Waals surface area (Å²) >= 11 is 0. The molecule has 5 nitrogen and oxygen atoms in total. The zero-order chi connectivity index (χ0) is 26.9. The molecule has 2 atom stereocenters. The van der Waals surface area contributed by atoms with E-state index in [-0.39, 0.29) is 31.0 Å². The van der Waals surface area contributed by atoms with E-state index >= 15 is 0 Å². The molecule has 0 spiro atoms. The van der Waals surface area contributed by atoms with E-state index in [1.807, 2.05) is 30.3 Å². The van der Waals surface area contributed by atoms with E-state index in [1.54, 1.807) is 53.1 Å². The van der Waals surface area contributed by atoms with Crippen molar-refractivity contribution in [2.24, 2.45) is 5.92 Å². The fourth-order valence-corrected chi connectivity index (χ4v) is 5.58. The molecule has 38 heavy (non-hydrogen) atoms. The van der Waals surface area contributed by atoms with E-state index in [0.717, 1.165) is 5.56 Å².